The third-order valence-electron chi connectivity index (χ3n) is 6.92. The average molecular weight is 465 g/mol. The Balaban J connectivity index is 1.56. The second-order valence-electron chi connectivity index (χ2n) is 9.20. The van der Waals surface area contributed by atoms with Crippen LogP contribution in [-0.4, -0.2) is 74.0 Å². The number of carbonyl (C=O) groups is 2. The highest BCUT2D eigenvalue weighted by Gasteiger charge is 2.48. The zero-order valence-corrected chi connectivity index (χ0v) is 19.7. The van der Waals surface area contributed by atoms with Gasteiger partial charge in [0.1, 0.15) is 6.04 Å². The summed E-state index contributed by atoms with van der Waals surface area (Å²) in [4.78, 5) is 27.7. The molecular formula is C23H32N2O6S. The Bertz CT molecular complexity index is 953. The van der Waals surface area contributed by atoms with Crippen molar-refractivity contribution in [2.24, 2.45) is 5.92 Å². The van der Waals surface area contributed by atoms with E-state index in [0.717, 1.165) is 25.7 Å². The molecule has 3 fully saturated rings. The summed E-state index contributed by atoms with van der Waals surface area (Å²) in [5, 5.41) is 0. The number of hydrogen-bond donors (Lipinski definition) is 0. The van der Waals surface area contributed by atoms with E-state index < -0.39 is 16.1 Å². The van der Waals surface area contributed by atoms with Gasteiger partial charge in [-0.15, -0.1) is 0 Å². The van der Waals surface area contributed by atoms with E-state index in [0.29, 0.717) is 31.0 Å². The number of morpholine rings is 1. The number of esters is 1. The first kappa shape index (κ1) is 23.2. The van der Waals surface area contributed by atoms with Gasteiger partial charge in [0.25, 0.3) is 5.91 Å². The molecule has 5 atom stereocenters. The van der Waals surface area contributed by atoms with Crippen LogP contribution in [0.3, 0.4) is 0 Å². The van der Waals surface area contributed by atoms with E-state index in [-0.39, 0.29) is 35.0 Å². The van der Waals surface area contributed by atoms with Crippen molar-refractivity contribution in [1.29, 1.82) is 0 Å². The molecule has 0 aromatic heterocycles. The Morgan fingerprint density at radius 3 is 2.28 bits per heavy atom. The molecular weight excluding hydrogens is 432 g/mol. The molecule has 0 radical (unpaired) electrons. The van der Waals surface area contributed by atoms with Gasteiger partial charge < -0.3 is 14.4 Å². The summed E-state index contributed by atoms with van der Waals surface area (Å²) in [6.07, 6.45) is 4.31. The molecule has 1 aromatic rings. The predicted octanol–water partition coefficient (Wildman–Crippen LogP) is 2.43. The van der Waals surface area contributed by atoms with E-state index in [4.69, 9.17) is 9.47 Å². The second kappa shape index (κ2) is 9.11. The van der Waals surface area contributed by atoms with Gasteiger partial charge in [-0.25, -0.2) is 13.2 Å². The lowest BCUT2D eigenvalue weighted by molar-refractivity contribution is -0.145. The monoisotopic (exact) mass is 464 g/mol. The quantitative estimate of drug-likeness (QED) is 0.636. The molecule has 9 heteroatoms. The maximum Gasteiger partial charge on any atom is 0.328 e. The fraction of sp³-hybridized carbons (Fsp3) is 0.652. The minimum atomic E-state index is -3.68. The standard InChI is InChI=1S/C23H32N2O6S/c1-15-13-24(14-16(2)31-15)32(28,29)19-10-8-17(9-11-19)22(26)25-20-7-5-4-6-18(20)12-21(25)23(27)30-3/h8-11,15-16,18,20-21H,4-7,12-14H2,1-3H3. The first-order chi connectivity index (χ1) is 15.2. The number of likely N-dealkylation sites (tertiary alicyclic amines) is 1. The number of nitrogens with zero attached hydrogens (tertiary/aromatic N) is 2. The summed E-state index contributed by atoms with van der Waals surface area (Å²) >= 11 is 0. The van der Waals surface area contributed by atoms with E-state index in [1.807, 2.05) is 13.8 Å². The van der Waals surface area contributed by atoms with E-state index in [1.54, 1.807) is 17.0 Å². The molecule has 3 aliphatic rings. The molecule has 0 N–H and O–H groups in total. The lowest BCUT2D eigenvalue weighted by Gasteiger charge is -2.34. The highest BCUT2D eigenvalue weighted by molar-refractivity contribution is 7.89. The third kappa shape index (κ3) is 4.30. The number of carbonyl (C=O) groups excluding carboxylic acids is 2. The van der Waals surface area contributed by atoms with Crippen LogP contribution in [0.25, 0.3) is 0 Å². The highest BCUT2D eigenvalue weighted by atomic mass is 32.2. The van der Waals surface area contributed by atoms with Gasteiger partial charge in [-0.1, -0.05) is 12.8 Å². The molecule has 1 amide bonds. The van der Waals surface area contributed by atoms with Crippen molar-refractivity contribution in [3.63, 3.8) is 0 Å². The smallest absolute Gasteiger partial charge is 0.328 e. The first-order valence-electron chi connectivity index (χ1n) is 11.4. The lowest BCUT2D eigenvalue weighted by atomic mass is 9.84. The summed E-state index contributed by atoms with van der Waals surface area (Å²) in [6, 6.07) is 5.50. The van der Waals surface area contributed by atoms with Gasteiger partial charge in [0, 0.05) is 24.7 Å². The van der Waals surface area contributed by atoms with Crippen molar-refractivity contribution in [2.75, 3.05) is 20.2 Å². The molecule has 176 valence electrons. The molecule has 2 aliphatic heterocycles. The van der Waals surface area contributed by atoms with E-state index in [2.05, 4.69) is 0 Å². The number of sulfonamides is 1. The summed E-state index contributed by atoms with van der Waals surface area (Å²) in [5.41, 5.74) is 0.382. The Kier molecular flexibility index (Phi) is 6.61. The van der Waals surface area contributed by atoms with Gasteiger partial charge in [-0.2, -0.15) is 4.31 Å². The number of amides is 1. The summed E-state index contributed by atoms with van der Waals surface area (Å²) in [6.45, 7) is 4.30. The topological polar surface area (TPSA) is 93.2 Å². The number of methoxy groups -OCH3 is 1. The maximum atomic E-state index is 13.4. The Labute approximate surface area is 189 Å². The van der Waals surface area contributed by atoms with Crippen molar-refractivity contribution in [2.45, 2.75) is 75.1 Å². The van der Waals surface area contributed by atoms with Gasteiger partial charge in [0.2, 0.25) is 10.0 Å². The molecule has 5 unspecified atom stereocenters. The van der Waals surface area contributed by atoms with Crippen molar-refractivity contribution in [1.82, 2.24) is 9.21 Å². The van der Waals surface area contributed by atoms with Crippen LogP contribution in [0.15, 0.2) is 29.2 Å². The highest BCUT2D eigenvalue weighted by Crippen LogP contribution is 2.41. The number of ether oxygens (including phenoxy) is 2. The van der Waals surface area contributed by atoms with Gasteiger partial charge in [0.05, 0.1) is 24.2 Å². The van der Waals surface area contributed by atoms with Crippen molar-refractivity contribution < 1.29 is 27.5 Å². The fourth-order valence-corrected chi connectivity index (χ4v) is 7.08. The van der Waals surface area contributed by atoms with Crippen LogP contribution in [0.4, 0.5) is 0 Å². The number of benzene rings is 1. The van der Waals surface area contributed by atoms with Crippen molar-refractivity contribution >= 4 is 21.9 Å². The minimum Gasteiger partial charge on any atom is -0.467 e. The number of rotatable bonds is 4. The van der Waals surface area contributed by atoms with E-state index in [9.17, 15) is 18.0 Å². The molecule has 2 heterocycles. The maximum absolute atomic E-state index is 13.4. The van der Waals surface area contributed by atoms with Gasteiger partial charge in [-0.05, 0) is 63.3 Å². The molecule has 2 saturated heterocycles. The summed E-state index contributed by atoms with van der Waals surface area (Å²) in [5.74, 6) is -0.323. The van der Waals surface area contributed by atoms with Gasteiger partial charge in [-0.3, -0.25) is 4.79 Å². The van der Waals surface area contributed by atoms with Crippen LogP contribution < -0.4 is 0 Å². The molecule has 0 bridgehead atoms. The van der Waals surface area contributed by atoms with Gasteiger partial charge >= 0.3 is 5.97 Å². The molecule has 8 nitrogen and oxygen atoms in total. The minimum absolute atomic E-state index is 0.0279. The predicted molar refractivity (Wildman–Crippen MR) is 118 cm³/mol. The Morgan fingerprint density at radius 2 is 1.66 bits per heavy atom. The Morgan fingerprint density at radius 1 is 1.03 bits per heavy atom. The van der Waals surface area contributed by atoms with Crippen LogP contribution in [0.2, 0.25) is 0 Å². The number of hydrogen-bond acceptors (Lipinski definition) is 6. The SMILES string of the molecule is COC(=O)C1CC2CCCCC2N1C(=O)c1ccc(S(=O)(=O)N2CC(C)OC(C)C2)cc1. The normalized spacial score (nSPS) is 31.2. The first-order valence-corrected chi connectivity index (χ1v) is 12.8. The molecule has 1 saturated carbocycles. The van der Waals surface area contributed by atoms with E-state index in [1.165, 1.54) is 23.5 Å². The zero-order chi connectivity index (χ0) is 23.0. The largest absolute Gasteiger partial charge is 0.467 e. The Hall–Kier alpha value is -1.97. The molecule has 32 heavy (non-hydrogen) atoms. The molecule has 1 aliphatic carbocycles. The van der Waals surface area contributed by atoms with Crippen molar-refractivity contribution in [3.8, 4) is 0 Å². The second-order valence-corrected chi connectivity index (χ2v) is 11.1. The van der Waals surface area contributed by atoms with Crippen LogP contribution in [-0.2, 0) is 24.3 Å². The van der Waals surface area contributed by atoms with Crippen LogP contribution in [0, 0.1) is 5.92 Å². The third-order valence-corrected chi connectivity index (χ3v) is 8.77. The van der Waals surface area contributed by atoms with Crippen molar-refractivity contribution in [3.05, 3.63) is 29.8 Å². The van der Waals surface area contributed by atoms with Gasteiger partial charge in [0.15, 0.2) is 0 Å². The van der Waals surface area contributed by atoms with E-state index >= 15 is 0 Å². The zero-order valence-electron chi connectivity index (χ0n) is 18.9. The molecule has 4 rings (SSSR count). The van der Waals surface area contributed by atoms with Crippen LogP contribution >= 0.6 is 0 Å². The molecule has 1 aromatic carbocycles. The average Bonchev–Trinajstić information content (AvgIpc) is 3.17. The van der Waals surface area contributed by atoms with Crippen LogP contribution in [0.1, 0.15) is 56.3 Å². The summed E-state index contributed by atoms with van der Waals surface area (Å²) in [7, 11) is -2.34. The molecule has 0 spiro atoms. The summed E-state index contributed by atoms with van der Waals surface area (Å²) < 4.78 is 38.2. The van der Waals surface area contributed by atoms with Crippen LogP contribution in [0.5, 0.6) is 0 Å². The fourth-order valence-electron chi connectivity index (χ4n) is 5.49. The lowest BCUT2D eigenvalue weighted by Crippen LogP contribution is -2.48. The number of fused-ring (bicyclic) bond motifs is 1.